The van der Waals surface area contributed by atoms with E-state index in [1.807, 2.05) is 0 Å². The molecule has 166 valence electrons. The largest absolute Gasteiger partial charge is 0.248 e. The van der Waals surface area contributed by atoms with Crippen molar-refractivity contribution in [3.63, 3.8) is 0 Å². The smallest absolute Gasteiger partial charge is 0.0715 e. The summed E-state index contributed by atoms with van der Waals surface area (Å²) in [7, 11) is 0. The van der Waals surface area contributed by atoms with Crippen molar-refractivity contribution in [3.8, 4) is 33.5 Å². The van der Waals surface area contributed by atoms with Gasteiger partial charge in [-0.2, -0.15) is 0 Å². The highest BCUT2D eigenvalue weighted by Gasteiger charge is 2.35. The van der Waals surface area contributed by atoms with Crippen molar-refractivity contribution < 1.29 is 0 Å². The molecular formula is C33H29N. The fourth-order valence-corrected chi connectivity index (χ4v) is 5.38. The van der Waals surface area contributed by atoms with Crippen LogP contribution in [0, 0.1) is 0 Å². The standard InChI is InChI=1S/C33H29N/c1-21(2)22-9-11-23(12-10-22)25-14-13-24-16-18-31(34-32(24)20-25)26-15-17-28-27-7-5-6-8-29(27)33(3,4)30(28)19-26/h5-21H,1-4H3. The van der Waals surface area contributed by atoms with Crippen molar-refractivity contribution in [2.24, 2.45) is 0 Å². The predicted octanol–water partition coefficient (Wildman–Crippen LogP) is 9.00. The number of rotatable bonds is 3. The van der Waals surface area contributed by atoms with Crippen LogP contribution in [0.15, 0.2) is 97.1 Å². The number of aromatic nitrogens is 1. The van der Waals surface area contributed by atoms with Crippen LogP contribution in [-0.4, -0.2) is 4.98 Å². The Morgan fingerprint density at radius 1 is 0.618 bits per heavy atom. The first-order chi connectivity index (χ1) is 16.4. The molecule has 1 aliphatic rings. The maximum atomic E-state index is 5.10. The Hall–Kier alpha value is -3.71. The molecule has 1 aliphatic carbocycles. The molecule has 0 spiro atoms. The third-order valence-corrected chi connectivity index (χ3v) is 7.48. The van der Waals surface area contributed by atoms with Gasteiger partial charge in [0.15, 0.2) is 0 Å². The van der Waals surface area contributed by atoms with E-state index in [1.54, 1.807) is 0 Å². The number of benzene rings is 4. The van der Waals surface area contributed by atoms with Crippen molar-refractivity contribution >= 4 is 10.9 Å². The summed E-state index contributed by atoms with van der Waals surface area (Å²) in [6.45, 7) is 9.11. The van der Waals surface area contributed by atoms with Gasteiger partial charge in [0.05, 0.1) is 11.2 Å². The lowest BCUT2D eigenvalue weighted by Gasteiger charge is -2.21. The summed E-state index contributed by atoms with van der Waals surface area (Å²) in [6.07, 6.45) is 0. The maximum absolute atomic E-state index is 5.10. The van der Waals surface area contributed by atoms with Crippen molar-refractivity contribution in [2.45, 2.75) is 39.0 Å². The van der Waals surface area contributed by atoms with Gasteiger partial charge in [0.1, 0.15) is 0 Å². The van der Waals surface area contributed by atoms with Crippen molar-refractivity contribution in [2.75, 3.05) is 0 Å². The van der Waals surface area contributed by atoms with E-state index < -0.39 is 0 Å². The predicted molar refractivity (Wildman–Crippen MR) is 144 cm³/mol. The highest BCUT2D eigenvalue weighted by Crippen LogP contribution is 2.49. The molecule has 4 aromatic carbocycles. The van der Waals surface area contributed by atoms with Gasteiger partial charge in [0.25, 0.3) is 0 Å². The Balaban J connectivity index is 1.41. The average molecular weight is 440 g/mol. The summed E-state index contributed by atoms with van der Waals surface area (Å²) in [5.41, 5.74) is 12.5. The van der Waals surface area contributed by atoms with E-state index >= 15 is 0 Å². The molecule has 0 atom stereocenters. The van der Waals surface area contributed by atoms with Crippen LogP contribution in [0.4, 0.5) is 0 Å². The van der Waals surface area contributed by atoms with Gasteiger partial charge in [-0.3, -0.25) is 0 Å². The van der Waals surface area contributed by atoms with Crippen LogP contribution in [0.2, 0.25) is 0 Å². The van der Waals surface area contributed by atoms with E-state index in [2.05, 4.69) is 125 Å². The summed E-state index contributed by atoms with van der Waals surface area (Å²) in [5.74, 6) is 0.542. The van der Waals surface area contributed by atoms with Crippen LogP contribution >= 0.6 is 0 Å². The van der Waals surface area contributed by atoms with Crippen LogP contribution in [0.5, 0.6) is 0 Å². The third kappa shape index (κ3) is 3.27. The highest BCUT2D eigenvalue weighted by molar-refractivity contribution is 5.87. The minimum absolute atomic E-state index is 0.00585. The van der Waals surface area contributed by atoms with Crippen molar-refractivity contribution in [3.05, 3.63) is 114 Å². The van der Waals surface area contributed by atoms with Gasteiger partial charge >= 0.3 is 0 Å². The molecule has 0 aliphatic heterocycles. The molecule has 0 N–H and O–H groups in total. The Morgan fingerprint density at radius 2 is 1.29 bits per heavy atom. The second-order valence-electron chi connectivity index (χ2n) is 10.3. The van der Waals surface area contributed by atoms with E-state index in [-0.39, 0.29) is 5.41 Å². The first kappa shape index (κ1) is 20.9. The van der Waals surface area contributed by atoms with E-state index in [9.17, 15) is 0 Å². The van der Waals surface area contributed by atoms with Gasteiger partial charge in [-0.05, 0) is 63.1 Å². The molecule has 6 rings (SSSR count). The van der Waals surface area contributed by atoms with Gasteiger partial charge in [0.2, 0.25) is 0 Å². The molecule has 1 heteroatoms. The zero-order valence-electron chi connectivity index (χ0n) is 20.3. The van der Waals surface area contributed by atoms with Crippen LogP contribution in [-0.2, 0) is 5.41 Å². The van der Waals surface area contributed by atoms with E-state index in [1.165, 1.54) is 49.9 Å². The normalized spacial score (nSPS) is 13.8. The molecule has 5 aromatic rings. The summed E-state index contributed by atoms with van der Waals surface area (Å²) in [4.78, 5) is 5.10. The van der Waals surface area contributed by atoms with Crippen LogP contribution in [0.1, 0.15) is 50.3 Å². The summed E-state index contributed by atoms with van der Waals surface area (Å²) >= 11 is 0. The molecule has 0 unspecified atom stereocenters. The quantitative estimate of drug-likeness (QED) is 0.273. The lowest BCUT2D eigenvalue weighted by atomic mass is 9.82. The van der Waals surface area contributed by atoms with Crippen molar-refractivity contribution in [1.29, 1.82) is 0 Å². The summed E-state index contributed by atoms with van der Waals surface area (Å²) < 4.78 is 0. The van der Waals surface area contributed by atoms with E-state index in [0.29, 0.717) is 5.92 Å². The first-order valence-electron chi connectivity index (χ1n) is 12.2. The van der Waals surface area contributed by atoms with Crippen molar-refractivity contribution in [1.82, 2.24) is 4.98 Å². The van der Waals surface area contributed by atoms with Gasteiger partial charge < -0.3 is 0 Å². The summed E-state index contributed by atoms with van der Waals surface area (Å²) in [6, 6.07) is 35.5. The zero-order valence-corrected chi connectivity index (χ0v) is 20.3. The van der Waals surface area contributed by atoms with Gasteiger partial charge in [-0.15, -0.1) is 0 Å². The highest BCUT2D eigenvalue weighted by atomic mass is 14.7. The molecular weight excluding hydrogens is 410 g/mol. The SMILES string of the molecule is CC(C)c1ccc(-c2ccc3ccc(-c4ccc5c(c4)C(C)(C)c4ccccc4-5)nc3c2)cc1. The zero-order chi connectivity index (χ0) is 23.4. The number of nitrogens with zero attached hydrogens (tertiary/aromatic N) is 1. The van der Waals surface area contributed by atoms with Gasteiger partial charge in [-0.25, -0.2) is 4.98 Å². The molecule has 0 amide bonds. The second kappa shape index (κ2) is 7.67. The monoisotopic (exact) mass is 439 g/mol. The Morgan fingerprint density at radius 3 is 2.09 bits per heavy atom. The van der Waals surface area contributed by atoms with Gasteiger partial charge in [-0.1, -0.05) is 107 Å². The number of fused-ring (bicyclic) bond motifs is 4. The molecule has 34 heavy (non-hydrogen) atoms. The van der Waals surface area contributed by atoms with Crippen LogP contribution in [0.25, 0.3) is 44.4 Å². The Kier molecular flexibility index (Phi) is 4.71. The number of hydrogen-bond donors (Lipinski definition) is 0. The van der Waals surface area contributed by atoms with E-state index in [4.69, 9.17) is 4.98 Å². The molecule has 1 heterocycles. The topological polar surface area (TPSA) is 12.9 Å². The fraction of sp³-hybridized carbons (Fsp3) is 0.182. The summed E-state index contributed by atoms with van der Waals surface area (Å²) in [5, 5.41) is 1.17. The fourth-order valence-electron chi connectivity index (χ4n) is 5.38. The Bertz CT molecular complexity index is 1540. The lowest BCUT2D eigenvalue weighted by molar-refractivity contribution is 0.660. The molecule has 1 aromatic heterocycles. The number of hydrogen-bond acceptors (Lipinski definition) is 1. The first-order valence-corrected chi connectivity index (χ1v) is 12.2. The van der Waals surface area contributed by atoms with Crippen LogP contribution < -0.4 is 0 Å². The minimum atomic E-state index is -0.00585. The molecule has 0 fully saturated rings. The third-order valence-electron chi connectivity index (χ3n) is 7.48. The molecule has 0 bridgehead atoms. The van der Waals surface area contributed by atoms with Crippen LogP contribution in [0.3, 0.4) is 0 Å². The molecule has 0 radical (unpaired) electrons. The lowest BCUT2D eigenvalue weighted by Crippen LogP contribution is -2.14. The maximum Gasteiger partial charge on any atom is 0.0715 e. The minimum Gasteiger partial charge on any atom is -0.248 e. The molecule has 1 nitrogen and oxygen atoms in total. The number of pyridine rings is 1. The van der Waals surface area contributed by atoms with E-state index in [0.717, 1.165) is 11.2 Å². The Labute approximate surface area is 202 Å². The molecule has 0 saturated heterocycles. The second-order valence-corrected chi connectivity index (χ2v) is 10.3. The average Bonchev–Trinajstić information content (AvgIpc) is 3.10. The van der Waals surface area contributed by atoms with Gasteiger partial charge in [0, 0.05) is 16.4 Å². The molecule has 0 saturated carbocycles.